The van der Waals surface area contributed by atoms with Crippen molar-refractivity contribution in [1.82, 2.24) is 19.7 Å². The van der Waals surface area contributed by atoms with Gasteiger partial charge >= 0.3 is 6.09 Å². The molecule has 3 amide bonds. The van der Waals surface area contributed by atoms with Gasteiger partial charge in [-0.15, -0.1) is 0 Å². The molecule has 4 rings (SSSR count). The smallest absolute Gasteiger partial charge is 0.415 e. The molecule has 0 saturated heterocycles. The molecule has 0 bridgehead atoms. The number of ether oxygens (including phenoxy) is 3. The molecule has 0 fully saturated rings. The molecule has 284 valence electrons. The molecule has 1 aromatic carbocycles. The number of unbranched alkanes of at least 4 members (excludes halogenated alkanes) is 2. The summed E-state index contributed by atoms with van der Waals surface area (Å²) in [5.41, 5.74) is 11.6. The number of benzene rings is 1. The summed E-state index contributed by atoms with van der Waals surface area (Å²) < 4.78 is 23.4. The first-order valence-electron chi connectivity index (χ1n) is 17.5. The zero-order valence-electron chi connectivity index (χ0n) is 30.6. The van der Waals surface area contributed by atoms with E-state index >= 15 is 0 Å². The number of Topliss-reactive ketones (excluding diaryl/α,β-unsaturated/α-hetero) is 1. The first kappa shape index (κ1) is 40.3. The van der Waals surface area contributed by atoms with E-state index in [4.69, 9.17) is 30.1 Å². The van der Waals surface area contributed by atoms with Crippen LogP contribution in [0.3, 0.4) is 0 Å². The second kappa shape index (κ2) is 19.4. The minimum Gasteiger partial charge on any atom is -0.444 e. The number of oxazole rings is 1. The molecule has 0 saturated carbocycles. The van der Waals surface area contributed by atoms with Crippen molar-refractivity contribution >= 4 is 35.2 Å². The van der Waals surface area contributed by atoms with Crippen LogP contribution in [0.25, 0.3) is 17.1 Å². The number of hydrogen-bond donors (Lipinski definition) is 3. The third-order valence-corrected chi connectivity index (χ3v) is 7.62. The number of nitrogens with zero attached hydrogens (tertiary/aromatic N) is 5. The predicted octanol–water partition coefficient (Wildman–Crippen LogP) is 5.16. The van der Waals surface area contributed by atoms with Crippen molar-refractivity contribution in [3.63, 3.8) is 0 Å². The minimum absolute atomic E-state index is 0.0239. The van der Waals surface area contributed by atoms with E-state index in [0.717, 1.165) is 25.5 Å². The minimum atomic E-state index is -0.861. The summed E-state index contributed by atoms with van der Waals surface area (Å²) >= 11 is 0. The molecule has 16 heteroatoms. The van der Waals surface area contributed by atoms with E-state index in [9.17, 15) is 19.2 Å². The van der Waals surface area contributed by atoms with Crippen molar-refractivity contribution in [2.45, 2.75) is 65.4 Å². The van der Waals surface area contributed by atoms with Gasteiger partial charge in [-0.25, -0.2) is 19.4 Å². The Kier molecular flexibility index (Phi) is 14.8. The van der Waals surface area contributed by atoms with Gasteiger partial charge in [-0.1, -0.05) is 0 Å². The van der Waals surface area contributed by atoms with E-state index in [-0.39, 0.29) is 28.7 Å². The Hall–Kier alpha value is -5.45. The lowest BCUT2D eigenvalue weighted by atomic mass is 10.1. The standard InChI is InChI=1S/C37H48N8O8/c1-5-44(36(49)53-37(2,3)4)31-22-26(15-17-40-31)35-42-29(24-52-35)34(48)41-28-23-45(43-32(28)33(39)47)27-13-11-25(12-14-27)30(46)10-9-20-50-18-7-6-8-19-51-21-16-38/h11-15,17,22-24H,5-10,16,18-21,38H2,1-4H3,(H2,39,47)(H,41,48). The largest absolute Gasteiger partial charge is 0.444 e. The Morgan fingerprint density at radius 1 is 0.962 bits per heavy atom. The Bertz CT molecular complexity index is 1830. The summed E-state index contributed by atoms with van der Waals surface area (Å²) in [6.45, 7) is 10.4. The first-order chi connectivity index (χ1) is 25.4. The van der Waals surface area contributed by atoms with Crippen LogP contribution in [0, 0.1) is 0 Å². The second-order valence-corrected chi connectivity index (χ2v) is 13.0. The first-order valence-corrected chi connectivity index (χ1v) is 17.5. The number of pyridine rings is 1. The molecular weight excluding hydrogens is 684 g/mol. The average molecular weight is 733 g/mol. The number of primary amides is 1. The fraction of sp³-hybridized carbons (Fsp3) is 0.432. The van der Waals surface area contributed by atoms with E-state index < -0.39 is 23.5 Å². The number of ketones is 1. The molecular formula is C37H48N8O8. The van der Waals surface area contributed by atoms with Crippen molar-refractivity contribution in [1.29, 1.82) is 0 Å². The highest BCUT2D eigenvalue weighted by molar-refractivity contribution is 6.07. The molecule has 53 heavy (non-hydrogen) atoms. The summed E-state index contributed by atoms with van der Waals surface area (Å²) in [7, 11) is 0. The number of aromatic nitrogens is 4. The zero-order valence-corrected chi connectivity index (χ0v) is 30.6. The number of carbonyl (C=O) groups excluding carboxylic acids is 4. The molecule has 0 radical (unpaired) electrons. The molecule has 0 aliphatic heterocycles. The maximum Gasteiger partial charge on any atom is 0.415 e. The Morgan fingerprint density at radius 2 is 1.66 bits per heavy atom. The Labute approximate surface area is 308 Å². The van der Waals surface area contributed by atoms with Crippen LogP contribution in [0.1, 0.15) is 91.1 Å². The van der Waals surface area contributed by atoms with Crippen molar-refractivity contribution in [2.75, 3.05) is 49.7 Å². The van der Waals surface area contributed by atoms with Crippen molar-refractivity contribution in [2.24, 2.45) is 11.5 Å². The number of nitrogens with two attached hydrogens (primary N) is 2. The molecule has 5 N–H and O–H groups in total. The van der Waals surface area contributed by atoms with Crippen LogP contribution in [0.4, 0.5) is 16.3 Å². The van der Waals surface area contributed by atoms with Gasteiger partial charge in [0.05, 0.1) is 24.2 Å². The Balaban J connectivity index is 1.34. The molecule has 0 aliphatic rings. The highest BCUT2D eigenvalue weighted by Gasteiger charge is 2.25. The van der Waals surface area contributed by atoms with Crippen LogP contribution in [0.5, 0.6) is 0 Å². The van der Waals surface area contributed by atoms with Gasteiger partial charge in [-0.3, -0.25) is 19.3 Å². The average Bonchev–Trinajstić information content (AvgIpc) is 3.79. The van der Waals surface area contributed by atoms with Crippen LogP contribution in [-0.4, -0.2) is 88.6 Å². The molecule has 3 heterocycles. The van der Waals surface area contributed by atoms with Gasteiger partial charge in [0.25, 0.3) is 11.8 Å². The fourth-order valence-corrected chi connectivity index (χ4v) is 5.03. The molecule has 16 nitrogen and oxygen atoms in total. The van der Waals surface area contributed by atoms with Gasteiger partial charge in [-0.05, 0) is 89.8 Å². The van der Waals surface area contributed by atoms with Crippen LogP contribution >= 0.6 is 0 Å². The van der Waals surface area contributed by atoms with E-state index in [0.29, 0.717) is 75.0 Å². The fourth-order valence-electron chi connectivity index (χ4n) is 5.03. The number of rotatable bonds is 20. The lowest BCUT2D eigenvalue weighted by Crippen LogP contribution is -2.37. The summed E-state index contributed by atoms with van der Waals surface area (Å²) in [6.07, 6.45) is 7.38. The van der Waals surface area contributed by atoms with Gasteiger partial charge in [-0.2, -0.15) is 5.10 Å². The quantitative estimate of drug-likeness (QED) is 0.0792. The normalized spacial score (nSPS) is 11.3. The number of nitrogens with one attached hydrogen (secondary N) is 1. The molecule has 0 aliphatic carbocycles. The summed E-state index contributed by atoms with van der Waals surface area (Å²) in [6, 6.07) is 9.92. The zero-order chi connectivity index (χ0) is 38.4. The lowest BCUT2D eigenvalue weighted by Gasteiger charge is -2.26. The van der Waals surface area contributed by atoms with E-state index in [1.54, 1.807) is 64.1 Å². The third kappa shape index (κ3) is 12.1. The van der Waals surface area contributed by atoms with E-state index in [1.165, 1.54) is 22.0 Å². The van der Waals surface area contributed by atoms with Crippen LogP contribution in [-0.2, 0) is 14.2 Å². The van der Waals surface area contributed by atoms with Gasteiger partial charge in [0, 0.05) is 56.7 Å². The summed E-state index contributed by atoms with van der Waals surface area (Å²) in [5, 5.41) is 6.87. The number of carbonyl (C=O) groups is 4. The number of amides is 3. The maximum absolute atomic E-state index is 13.2. The lowest BCUT2D eigenvalue weighted by molar-refractivity contribution is 0.0580. The van der Waals surface area contributed by atoms with Crippen LogP contribution in [0.2, 0.25) is 0 Å². The van der Waals surface area contributed by atoms with Gasteiger partial charge in [0.2, 0.25) is 5.89 Å². The Morgan fingerprint density at radius 3 is 2.32 bits per heavy atom. The maximum atomic E-state index is 13.2. The molecule has 3 aromatic heterocycles. The highest BCUT2D eigenvalue weighted by atomic mass is 16.6. The van der Waals surface area contributed by atoms with Gasteiger partial charge in [0.15, 0.2) is 17.2 Å². The van der Waals surface area contributed by atoms with Gasteiger partial charge < -0.3 is 35.4 Å². The summed E-state index contributed by atoms with van der Waals surface area (Å²) in [5.74, 6) is -1.15. The van der Waals surface area contributed by atoms with Crippen LogP contribution in [0.15, 0.2) is 59.5 Å². The van der Waals surface area contributed by atoms with Crippen LogP contribution < -0.4 is 21.7 Å². The molecule has 0 atom stereocenters. The molecule has 0 spiro atoms. The molecule has 4 aromatic rings. The van der Waals surface area contributed by atoms with Crippen molar-refractivity contribution in [3.05, 3.63) is 72.0 Å². The highest BCUT2D eigenvalue weighted by Crippen LogP contribution is 2.25. The van der Waals surface area contributed by atoms with E-state index in [1.807, 2.05) is 0 Å². The third-order valence-electron chi connectivity index (χ3n) is 7.62. The SMILES string of the molecule is CCN(C(=O)OC(C)(C)C)c1cc(-c2nc(C(=O)Nc3cn(-c4ccc(C(=O)CCCOCCCCCOCCN)cc4)nc3C(N)=O)co2)ccn1. The number of hydrogen-bond acceptors (Lipinski definition) is 12. The monoisotopic (exact) mass is 732 g/mol. The number of anilines is 2. The van der Waals surface area contributed by atoms with Gasteiger partial charge in [0.1, 0.15) is 17.7 Å². The predicted molar refractivity (Wildman–Crippen MR) is 197 cm³/mol. The summed E-state index contributed by atoms with van der Waals surface area (Å²) in [4.78, 5) is 60.9. The van der Waals surface area contributed by atoms with E-state index in [2.05, 4.69) is 20.4 Å². The topological polar surface area (TPSA) is 220 Å². The van der Waals surface area contributed by atoms with Crippen molar-refractivity contribution < 1.29 is 37.8 Å². The molecule has 0 unspecified atom stereocenters. The second-order valence-electron chi connectivity index (χ2n) is 13.0. The van der Waals surface area contributed by atoms with Crippen molar-refractivity contribution in [3.8, 4) is 17.1 Å².